The van der Waals surface area contributed by atoms with E-state index in [1.807, 2.05) is 0 Å². The highest BCUT2D eigenvalue weighted by Crippen LogP contribution is 2.29. The predicted molar refractivity (Wildman–Crippen MR) is 104 cm³/mol. The van der Waals surface area contributed by atoms with Gasteiger partial charge in [0.1, 0.15) is 0 Å². The van der Waals surface area contributed by atoms with E-state index in [1.54, 1.807) is 24.3 Å². The summed E-state index contributed by atoms with van der Waals surface area (Å²) in [5.41, 5.74) is -0.518. The first-order chi connectivity index (χ1) is 13.6. The van der Waals surface area contributed by atoms with Gasteiger partial charge in [-0.25, -0.2) is 0 Å². The van der Waals surface area contributed by atoms with Crippen LogP contribution in [0.25, 0.3) is 0 Å². The summed E-state index contributed by atoms with van der Waals surface area (Å²) in [6.07, 6.45) is -4.35. The second-order valence-electron chi connectivity index (χ2n) is 5.82. The smallest absolute Gasteiger partial charge is 0.435 e. The number of hydrogen-bond donors (Lipinski definition) is 3. The number of halogens is 3. The van der Waals surface area contributed by atoms with E-state index >= 15 is 0 Å². The molecule has 1 aromatic carbocycles. The summed E-state index contributed by atoms with van der Waals surface area (Å²) in [5, 5.41) is 24.8. The molecule has 1 amide bonds. The number of nitrogens with zero attached hydrogens (tertiary/aromatic N) is 2. The van der Waals surface area contributed by atoms with E-state index in [-0.39, 0.29) is 29.7 Å². The summed E-state index contributed by atoms with van der Waals surface area (Å²) < 4.78 is 38.7. The van der Waals surface area contributed by atoms with Crippen LogP contribution >= 0.6 is 23.5 Å². The van der Waals surface area contributed by atoms with Gasteiger partial charge in [0.15, 0.2) is 5.69 Å². The van der Waals surface area contributed by atoms with E-state index in [9.17, 15) is 27.9 Å². The number of para-hydroxylation sites is 1. The Morgan fingerprint density at radius 1 is 1.21 bits per heavy atom. The third kappa shape index (κ3) is 7.99. The highest BCUT2D eigenvalue weighted by molar-refractivity contribution is 8.00. The molecule has 7 nitrogen and oxygen atoms in total. The molecule has 12 heteroatoms. The van der Waals surface area contributed by atoms with Crippen LogP contribution in [0.3, 0.4) is 0 Å². The zero-order valence-corrected chi connectivity index (χ0v) is 16.6. The van der Waals surface area contributed by atoms with Crippen molar-refractivity contribution in [1.82, 2.24) is 9.78 Å². The molecule has 1 unspecified atom stereocenters. The third-order valence-electron chi connectivity index (χ3n) is 3.38. The monoisotopic (exact) mass is 449 g/mol. The predicted octanol–water partition coefficient (Wildman–Crippen LogP) is 2.81. The number of carboxylic acid groups (broad SMARTS) is 1. The van der Waals surface area contributed by atoms with E-state index in [0.29, 0.717) is 10.6 Å². The van der Waals surface area contributed by atoms with E-state index in [4.69, 9.17) is 5.11 Å². The number of carboxylic acids is 1. The molecule has 3 N–H and O–H groups in total. The number of carbonyl (C=O) groups is 2. The van der Waals surface area contributed by atoms with Gasteiger partial charge in [0.05, 0.1) is 29.8 Å². The minimum absolute atomic E-state index is 0.0191. The minimum Gasteiger partial charge on any atom is -0.481 e. The average molecular weight is 449 g/mol. The van der Waals surface area contributed by atoms with Gasteiger partial charge in [-0.2, -0.15) is 18.3 Å². The molecule has 2 rings (SSSR count). The number of hydrogen-bond acceptors (Lipinski definition) is 6. The first-order valence-electron chi connectivity index (χ1n) is 8.25. The normalized spacial score (nSPS) is 12.6. The Morgan fingerprint density at radius 2 is 1.93 bits per heavy atom. The van der Waals surface area contributed by atoms with Gasteiger partial charge >= 0.3 is 12.1 Å². The molecule has 0 fully saturated rings. The van der Waals surface area contributed by atoms with Crippen molar-refractivity contribution in [2.75, 3.05) is 22.6 Å². The average Bonchev–Trinajstić information content (AvgIpc) is 3.09. The fourth-order valence-corrected chi connectivity index (χ4v) is 3.64. The largest absolute Gasteiger partial charge is 0.481 e. The van der Waals surface area contributed by atoms with Crippen LogP contribution in [0, 0.1) is 0 Å². The molecule has 0 aliphatic heterocycles. The summed E-state index contributed by atoms with van der Waals surface area (Å²) in [6, 6.07) is 7.69. The summed E-state index contributed by atoms with van der Waals surface area (Å²) in [7, 11) is 0. The summed E-state index contributed by atoms with van der Waals surface area (Å²) in [6.45, 7) is -0.108. The number of amides is 1. The van der Waals surface area contributed by atoms with Gasteiger partial charge in [-0.1, -0.05) is 12.1 Å². The molecule has 0 aliphatic rings. The number of thioether (sulfide) groups is 2. The topological polar surface area (TPSA) is 104 Å². The summed E-state index contributed by atoms with van der Waals surface area (Å²) in [4.78, 5) is 23.1. The van der Waals surface area contributed by atoms with Gasteiger partial charge in [0.25, 0.3) is 0 Å². The number of aliphatic carboxylic acids is 1. The van der Waals surface area contributed by atoms with Gasteiger partial charge in [0, 0.05) is 16.8 Å². The number of aromatic nitrogens is 2. The number of anilines is 1. The lowest BCUT2D eigenvalue weighted by Gasteiger charge is -2.13. The summed E-state index contributed by atoms with van der Waals surface area (Å²) >= 11 is 2.20. The number of nitrogens with one attached hydrogen (secondary N) is 1. The van der Waals surface area contributed by atoms with Crippen LogP contribution < -0.4 is 5.32 Å². The van der Waals surface area contributed by atoms with Gasteiger partial charge < -0.3 is 15.5 Å². The molecule has 1 heterocycles. The second-order valence-corrected chi connectivity index (χ2v) is 7.86. The Morgan fingerprint density at radius 3 is 2.59 bits per heavy atom. The molecular formula is C17H18F3N3O4S2. The van der Waals surface area contributed by atoms with Gasteiger partial charge in [-0.3, -0.25) is 14.3 Å². The fraction of sp³-hybridized carbons (Fsp3) is 0.353. The number of alkyl halides is 3. The first-order valence-corrected chi connectivity index (χ1v) is 10.4. The van der Waals surface area contributed by atoms with Gasteiger partial charge in [0.2, 0.25) is 5.91 Å². The molecule has 158 valence electrons. The molecule has 0 bridgehead atoms. The van der Waals surface area contributed by atoms with Crippen LogP contribution in [0.4, 0.5) is 18.9 Å². The Kier molecular flexibility index (Phi) is 8.41. The number of aliphatic hydroxyl groups excluding tert-OH is 1. The number of carbonyl (C=O) groups excluding carboxylic acids is 1. The van der Waals surface area contributed by atoms with Crippen molar-refractivity contribution >= 4 is 41.1 Å². The molecule has 2 aromatic rings. The van der Waals surface area contributed by atoms with Gasteiger partial charge in [-0.15, -0.1) is 23.5 Å². The van der Waals surface area contributed by atoms with Crippen LogP contribution in [-0.2, 0) is 22.3 Å². The van der Waals surface area contributed by atoms with E-state index in [0.717, 1.165) is 28.7 Å². The van der Waals surface area contributed by atoms with E-state index in [1.165, 1.54) is 11.8 Å². The highest BCUT2D eigenvalue weighted by Gasteiger charge is 2.33. The zero-order valence-electron chi connectivity index (χ0n) is 14.9. The van der Waals surface area contributed by atoms with Crippen molar-refractivity contribution in [3.63, 3.8) is 0 Å². The zero-order chi connectivity index (χ0) is 21.4. The molecule has 1 atom stereocenters. The first kappa shape index (κ1) is 23.1. The maximum Gasteiger partial charge on any atom is 0.435 e. The molecule has 0 radical (unpaired) electrons. The molecule has 0 spiro atoms. The van der Waals surface area contributed by atoms with E-state index in [2.05, 4.69) is 10.4 Å². The third-order valence-corrected chi connectivity index (χ3v) is 5.52. The lowest BCUT2D eigenvalue weighted by Crippen LogP contribution is -2.20. The molecule has 29 heavy (non-hydrogen) atoms. The lowest BCUT2D eigenvalue weighted by molar-refractivity contribution is -0.141. The Bertz CT molecular complexity index is 845. The fourth-order valence-electron chi connectivity index (χ4n) is 2.18. The maximum atomic E-state index is 12.6. The molecular weight excluding hydrogens is 431 g/mol. The SMILES string of the molecule is O=C(O)CSCC(=O)Nc1ccccc1SCC(O)Cn1ccc(C(F)(F)F)n1. The molecule has 0 aliphatic carbocycles. The van der Waals surface area contributed by atoms with Crippen LogP contribution in [-0.4, -0.2) is 55.2 Å². The number of benzene rings is 1. The van der Waals surface area contributed by atoms with Crippen molar-refractivity contribution in [3.8, 4) is 0 Å². The minimum atomic E-state index is -4.54. The Labute approximate surface area is 172 Å². The second kappa shape index (κ2) is 10.6. The quantitative estimate of drug-likeness (QED) is 0.479. The number of rotatable bonds is 10. The van der Waals surface area contributed by atoms with Crippen LogP contribution in [0.1, 0.15) is 5.69 Å². The van der Waals surface area contributed by atoms with Crippen molar-refractivity contribution in [3.05, 3.63) is 42.2 Å². The number of aliphatic hydroxyl groups is 1. The van der Waals surface area contributed by atoms with E-state index < -0.39 is 23.9 Å². The Hall–Kier alpha value is -2.18. The van der Waals surface area contributed by atoms with Crippen molar-refractivity contribution < 1.29 is 33.0 Å². The molecule has 0 saturated heterocycles. The lowest BCUT2D eigenvalue weighted by atomic mass is 10.3. The summed E-state index contributed by atoms with van der Waals surface area (Å²) in [5.74, 6) is -1.40. The molecule has 0 saturated carbocycles. The standard InChI is InChI=1S/C17H18F3N3O4S2/c18-17(19,20)14-5-6-23(22-14)7-11(24)8-29-13-4-2-1-3-12(13)21-15(25)9-28-10-16(26)27/h1-6,11,24H,7-10H2,(H,21,25)(H,26,27). The van der Waals surface area contributed by atoms with Crippen LogP contribution in [0.5, 0.6) is 0 Å². The van der Waals surface area contributed by atoms with Crippen molar-refractivity contribution in [2.24, 2.45) is 0 Å². The Balaban J connectivity index is 1.87. The van der Waals surface area contributed by atoms with Crippen LogP contribution in [0.2, 0.25) is 0 Å². The van der Waals surface area contributed by atoms with Crippen molar-refractivity contribution in [2.45, 2.75) is 23.7 Å². The van der Waals surface area contributed by atoms with Crippen molar-refractivity contribution in [1.29, 1.82) is 0 Å². The van der Waals surface area contributed by atoms with Gasteiger partial charge in [-0.05, 0) is 18.2 Å². The highest BCUT2D eigenvalue weighted by atomic mass is 32.2. The maximum absolute atomic E-state index is 12.6. The van der Waals surface area contributed by atoms with Crippen LogP contribution in [0.15, 0.2) is 41.4 Å². The molecule has 1 aromatic heterocycles.